The molecule has 0 radical (unpaired) electrons. The Labute approximate surface area is 114 Å². The monoisotopic (exact) mass is 279 g/mol. The van der Waals surface area contributed by atoms with Crippen molar-refractivity contribution >= 4 is 23.7 Å². The van der Waals surface area contributed by atoms with E-state index in [1.807, 2.05) is 0 Å². The molecule has 106 valence electrons. The highest BCUT2D eigenvalue weighted by Gasteiger charge is 2.15. The summed E-state index contributed by atoms with van der Waals surface area (Å²) in [4.78, 5) is 32.8. The van der Waals surface area contributed by atoms with E-state index < -0.39 is 16.9 Å². The number of nitrogens with zero attached hydrogens (tertiary/aromatic N) is 1. The van der Waals surface area contributed by atoms with Crippen molar-refractivity contribution in [3.05, 3.63) is 45.5 Å². The van der Waals surface area contributed by atoms with Gasteiger partial charge >= 0.3 is 11.9 Å². The summed E-state index contributed by atoms with van der Waals surface area (Å²) in [5, 5.41) is 10.5. The molecule has 0 atom stereocenters. The summed E-state index contributed by atoms with van der Waals surface area (Å²) < 4.78 is 9.06. The second-order valence-corrected chi connectivity index (χ2v) is 3.76. The van der Waals surface area contributed by atoms with Crippen molar-refractivity contribution in [2.75, 3.05) is 14.2 Å². The van der Waals surface area contributed by atoms with Crippen molar-refractivity contribution in [2.24, 2.45) is 0 Å². The summed E-state index contributed by atoms with van der Waals surface area (Å²) in [6.45, 7) is 0. The predicted molar refractivity (Wildman–Crippen MR) is 69.7 cm³/mol. The van der Waals surface area contributed by atoms with Crippen molar-refractivity contribution in [1.82, 2.24) is 0 Å². The zero-order chi connectivity index (χ0) is 15.1. The number of nitro groups is 1. The molecule has 0 aliphatic heterocycles. The zero-order valence-electron chi connectivity index (χ0n) is 11.0. The Hall–Kier alpha value is -2.70. The van der Waals surface area contributed by atoms with Crippen molar-refractivity contribution in [3.63, 3.8) is 0 Å². The SMILES string of the molecule is COC(=O)C/C(=C\c1ccc([N+](=O)[O-])cc1)C(=O)OC. The van der Waals surface area contributed by atoms with Gasteiger partial charge in [-0.2, -0.15) is 0 Å². The molecule has 7 heteroatoms. The minimum Gasteiger partial charge on any atom is -0.469 e. The third kappa shape index (κ3) is 4.20. The van der Waals surface area contributed by atoms with E-state index in [9.17, 15) is 19.7 Å². The third-order valence-electron chi connectivity index (χ3n) is 2.45. The largest absolute Gasteiger partial charge is 0.469 e. The lowest BCUT2D eigenvalue weighted by atomic mass is 10.1. The number of rotatable bonds is 5. The van der Waals surface area contributed by atoms with Crippen molar-refractivity contribution < 1.29 is 24.0 Å². The van der Waals surface area contributed by atoms with Crippen LogP contribution in [-0.2, 0) is 19.1 Å². The van der Waals surface area contributed by atoms with E-state index in [0.717, 1.165) is 0 Å². The standard InChI is InChI=1S/C13H13NO6/c1-19-12(15)8-10(13(16)20-2)7-9-3-5-11(6-4-9)14(17)18/h3-7H,8H2,1-2H3/b10-7+. The minimum atomic E-state index is -0.659. The highest BCUT2D eigenvalue weighted by atomic mass is 16.6. The summed E-state index contributed by atoms with van der Waals surface area (Å²) in [7, 11) is 2.41. The number of nitro benzene ring substituents is 1. The maximum atomic E-state index is 11.5. The molecule has 1 aromatic rings. The minimum absolute atomic E-state index is 0.0604. The first-order valence-electron chi connectivity index (χ1n) is 5.58. The summed E-state index contributed by atoms with van der Waals surface area (Å²) in [5.41, 5.74) is 0.586. The highest BCUT2D eigenvalue weighted by Crippen LogP contribution is 2.16. The van der Waals surface area contributed by atoms with Gasteiger partial charge in [0.2, 0.25) is 0 Å². The lowest BCUT2D eigenvalue weighted by Gasteiger charge is -2.04. The predicted octanol–water partition coefficient (Wildman–Crippen LogP) is 1.71. The van der Waals surface area contributed by atoms with E-state index in [1.54, 1.807) is 0 Å². The molecule has 0 fully saturated rings. The van der Waals surface area contributed by atoms with Crippen LogP contribution in [0.2, 0.25) is 0 Å². The Balaban J connectivity index is 3.02. The van der Waals surface area contributed by atoms with Gasteiger partial charge in [-0.25, -0.2) is 4.79 Å². The average molecular weight is 279 g/mol. The van der Waals surface area contributed by atoms with Gasteiger partial charge in [-0.15, -0.1) is 0 Å². The molecule has 7 nitrogen and oxygen atoms in total. The molecule has 1 aromatic carbocycles. The van der Waals surface area contributed by atoms with E-state index >= 15 is 0 Å². The quantitative estimate of drug-likeness (QED) is 0.352. The molecule has 0 aliphatic carbocycles. The van der Waals surface area contributed by atoms with E-state index in [0.29, 0.717) is 5.56 Å². The molecule has 0 N–H and O–H groups in total. The van der Waals surface area contributed by atoms with Crippen molar-refractivity contribution in [2.45, 2.75) is 6.42 Å². The van der Waals surface area contributed by atoms with E-state index in [1.165, 1.54) is 44.6 Å². The fraction of sp³-hybridized carbons (Fsp3) is 0.231. The Bertz CT molecular complexity index is 546. The molecule has 0 unspecified atom stereocenters. The fourth-order valence-corrected chi connectivity index (χ4v) is 1.43. The molecule has 0 saturated carbocycles. The third-order valence-corrected chi connectivity index (χ3v) is 2.45. The molecule has 0 heterocycles. The van der Waals surface area contributed by atoms with Gasteiger partial charge in [-0.3, -0.25) is 14.9 Å². The van der Waals surface area contributed by atoms with Crippen LogP contribution in [0.3, 0.4) is 0 Å². The molecule has 0 saturated heterocycles. The van der Waals surface area contributed by atoms with E-state index in [2.05, 4.69) is 9.47 Å². The molecule has 0 aromatic heterocycles. The lowest BCUT2D eigenvalue weighted by molar-refractivity contribution is -0.384. The number of non-ortho nitro benzene ring substituents is 1. The average Bonchev–Trinajstić information content (AvgIpc) is 2.46. The van der Waals surface area contributed by atoms with Crippen LogP contribution in [-0.4, -0.2) is 31.1 Å². The van der Waals surface area contributed by atoms with E-state index in [-0.39, 0.29) is 17.7 Å². The van der Waals surface area contributed by atoms with Crippen LogP contribution >= 0.6 is 0 Å². The number of methoxy groups -OCH3 is 2. The summed E-state index contributed by atoms with van der Waals surface area (Å²) in [6, 6.07) is 5.55. The van der Waals surface area contributed by atoms with E-state index in [4.69, 9.17) is 0 Å². The summed E-state index contributed by atoms with van der Waals surface area (Å²) >= 11 is 0. The number of ether oxygens (including phenoxy) is 2. The molecular formula is C13H13NO6. The fourth-order valence-electron chi connectivity index (χ4n) is 1.43. The van der Waals surface area contributed by atoms with Gasteiger partial charge in [0, 0.05) is 17.7 Å². The van der Waals surface area contributed by atoms with Gasteiger partial charge in [-0.1, -0.05) is 0 Å². The van der Waals surface area contributed by atoms with Crippen LogP contribution in [0, 0.1) is 10.1 Å². The molecule has 0 spiro atoms. The number of carbonyl (C=O) groups excluding carboxylic acids is 2. The lowest BCUT2D eigenvalue weighted by Crippen LogP contribution is -2.10. The summed E-state index contributed by atoms with van der Waals surface area (Å²) in [6.07, 6.45) is 1.19. The zero-order valence-corrected chi connectivity index (χ0v) is 11.0. The number of esters is 2. The Kier molecular flexibility index (Phi) is 5.40. The number of hydrogen-bond acceptors (Lipinski definition) is 6. The maximum absolute atomic E-state index is 11.5. The molecule has 0 bridgehead atoms. The van der Waals surface area contributed by atoms with Gasteiger partial charge in [0.1, 0.15) is 0 Å². The van der Waals surface area contributed by atoms with Crippen LogP contribution < -0.4 is 0 Å². The molecule has 0 amide bonds. The normalized spacial score (nSPS) is 10.8. The van der Waals surface area contributed by atoms with Gasteiger partial charge < -0.3 is 9.47 Å². The van der Waals surface area contributed by atoms with Crippen LogP contribution in [0.15, 0.2) is 29.8 Å². The first-order chi connectivity index (χ1) is 9.47. The number of benzene rings is 1. The molecule has 1 rings (SSSR count). The number of carbonyl (C=O) groups is 2. The van der Waals surface area contributed by atoms with Crippen LogP contribution in [0.25, 0.3) is 6.08 Å². The first-order valence-corrected chi connectivity index (χ1v) is 5.58. The Morgan fingerprint density at radius 2 is 1.80 bits per heavy atom. The molecular weight excluding hydrogens is 266 g/mol. The van der Waals surface area contributed by atoms with Gasteiger partial charge in [0.05, 0.1) is 25.6 Å². The summed E-state index contributed by atoms with van der Waals surface area (Å²) in [5.74, 6) is -1.24. The molecule has 20 heavy (non-hydrogen) atoms. The topological polar surface area (TPSA) is 95.7 Å². The second kappa shape index (κ2) is 7.03. The highest BCUT2D eigenvalue weighted by molar-refractivity contribution is 5.98. The van der Waals surface area contributed by atoms with Crippen LogP contribution in [0.4, 0.5) is 5.69 Å². The van der Waals surface area contributed by atoms with Crippen molar-refractivity contribution in [3.8, 4) is 0 Å². The Morgan fingerprint density at radius 1 is 1.20 bits per heavy atom. The van der Waals surface area contributed by atoms with Gasteiger partial charge in [-0.05, 0) is 23.8 Å². The smallest absolute Gasteiger partial charge is 0.334 e. The van der Waals surface area contributed by atoms with Crippen LogP contribution in [0.1, 0.15) is 12.0 Å². The Morgan fingerprint density at radius 3 is 2.25 bits per heavy atom. The molecule has 0 aliphatic rings. The maximum Gasteiger partial charge on any atom is 0.334 e. The van der Waals surface area contributed by atoms with Crippen molar-refractivity contribution in [1.29, 1.82) is 0 Å². The second-order valence-electron chi connectivity index (χ2n) is 3.76. The number of hydrogen-bond donors (Lipinski definition) is 0. The van der Waals surface area contributed by atoms with Gasteiger partial charge in [0.25, 0.3) is 5.69 Å². The van der Waals surface area contributed by atoms with Gasteiger partial charge in [0.15, 0.2) is 0 Å². The first kappa shape index (κ1) is 15.4. The van der Waals surface area contributed by atoms with Crippen LogP contribution in [0.5, 0.6) is 0 Å².